The van der Waals surface area contributed by atoms with Gasteiger partial charge in [-0.05, 0) is 61.9 Å². The molecule has 0 bridgehead atoms. The fraction of sp³-hybridized carbons (Fsp3) is 0.278. The van der Waals surface area contributed by atoms with Crippen LogP contribution in [-0.4, -0.2) is 28.7 Å². The van der Waals surface area contributed by atoms with Gasteiger partial charge in [-0.2, -0.15) is 8.78 Å². The lowest BCUT2D eigenvalue weighted by Gasteiger charge is -2.17. The number of aryl methyl sites for hydroxylation is 1. The fourth-order valence-corrected chi connectivity index (χ4v) is 2.70. The van der Waals surface area contributed by atoms with Gasteiger partial charge in [0.05, 0.1) is 5.56 Å². The van der Waals surface area contributed by atoms with E-state index in [1.165, 1.54) is 25.3 Å². The van der Waals surface area contributed by atoms with E-state index in [0.717, 1.165) is 11.1 Å². The van der Waals surface area contributed by atoms with Crippen LogP contribution in [0.3, 0.4) is 0 Å². The molecule has 2 aromatic rings. The lowest BCUT2D eigenvalue weighted by molar-refractivity contribution is -0.128. The molecule has 1 heterocycles. The Morgan fingerprint density at radius 3 is 2.59 bits per heavy atom. The molecule has 2 rings (SSSR count). The van der Waals surface area contributed by atoms with Crippen molar-refractivity contribution in [3.05, 3.63) is 53.2 Å². The number of carbonyl (C=O) groups is 2. The Bertz CT molecular complexity index is 833. The van der Waals surface area contributed by atoms with Crippen LogP contribution in [0.5, 0.6) is 5.75 Å². The molecule has 2 amide bonds. The summed E-state index contributed by atoms with van der Waals surface area (Å²) < 4.78 is 30.7. The number of hydrogen-bond donors (Lipinski definition) is 2. The van der Waals surface area contributed by atoms with Crippen molar-refractivity contribution in [2.75, 3.05) is 0 Å². The van der Waals surface area contributed by atoms with Crippen LogP contribution in [-0.2, 0) is 4.79 Å². The zero-order valence-corrected chi connectivity index (χ0v) is 15.8. The molecule has 144 valence electrons. The number of thioether (sulfide) groups is 1. The van der Waals surface area contributed by atoms with E-state index in [-0.39, 0.29) is 22.4 Å². The van der Waals surface area contributed by atoms with E-state index in [4.69, 9.17) is 4.74 Å². The smallest absolute Gasteiger partial charge is 0.290 e. The number of aromatic nitrogens is 1. The van der Waals surface area contributed by atoms with Gasteiger partial charge in [0.1, 0.15) is 10.8 Å². The van der Waals surface area contributed by atoms with Crippen molar-refractivity contribution >= 4 is 23.6 Å². The standard InChI is InChI=1S/C18H19F2N3O3S/c1-10-6-4-8-14(11(10)2)26-12(3)15(24)22-23-16(25)13-7-5-9-21-17(13)27-18(19)20/h4-9,12,18H,1-3H3,(H,22,24)(H,23,25). The van der Waals surface area contributed by atoms with Gasteiger partial charge in [0, 0.05) is 6.20 Å². The van der Waals surface area contributed by atoms with Gasteiger partial charge >= 0.3 is 0 Å². The first-order valence-electron chi connectivity index (χ1n) is 8.02. The Morgan fingerprint density at radius 1 is 1.15 bits per heavy atom. The van der Waals surface area contributed by atoms with Crippen molar-refractivity contribution in [1.82, 2.24) is 15.8 Å². The number of alkyl halides is 2. The number of rotatable bonds is 6. The SMILES string of the molecule is Cc1cccc(OC(C)C(=O)NNC(=O)c2cccnc2SC(F)F)c1C. The lowest BCUT2D eigenvalue weighted by atomic mass is 10.1. The van der Waals surface area contributed by atoms with Crippen LogP contribution in [0.15, 0.2) is 41.6 Å². The molecule has 0 spiro atoms. The molecule has 0 saturated heterocycles. The van der Waals surface area contributed by atoms with Crippen LogP contribution < -0.4 is 15.6 Å². The number of amides is 2. The second-order valence-corrected chi connectivity index (χ2v) is 6.61. The highest BCUT2D eigenvalue weighted by Gasteiger charge is 2.20. The summed E-state index contributed by atoms with van der Waals surface area (Å²) in [7, 11) is 0. The highest BCUT2D eigenvalue weighted by Crippen LogP contribution is 2.26. The van der Waals surface area contributed by atoms with Gasteiger partial charge in [0.15, 0.2) is 6.10 Å². The topological polar surface area (TPSA) is 80.3 Å². The van der Waals surface area contributed by atoms with Crippen LogP contribution in [0.2, 0.25) is 0 Å². The van der Waals surface area contributed by atoms with E-state index in [0.29, 0.717) is 5.75 Å². The summed E-state index contributed by atoms with van der Waals surface area (Å²) >= 11 is 0.156. The minimum Gasteiger partial charge on any atom is -0.481 e. The van der Waals surface area contributed by atoms with Gasteiger partial charge < -0.3 is 4.74 Å². The van der Waals surface area contributed by atoms with Gasteiger partial charge in [-0.1, -0.05) is 12.1 Å². The molecule has 1 atom stereocenters. The van der Waals surface area contributed by atoms with E-state index >= 15 is 0 Å². The molecule has 0 aliphatic heterocycles. The minimum atomic E-state index is -2.72. The quantitative estimate of drug-likeness (QED) is 0.580. The second-order valence-electron chi connectivity index (χ2n) is 5.64. The molecule has 1 unspecified atom stereocenters. The molecule has 0 saturated carbocycles. The second kappa shape index (κ2) is 9.31. The number of hydrazine groups is 1. The predicted molar refractivity (Wildman–Crippen MR) is 97.7 cm³/mol. The fourth-order valence-electron chi connectivity index (χ4n) is 2.13. The van der Waals surface area contributed by atoms with Crippen molar-refractivity contribution in [3.8, 4) is 5.75 Å². The van der Waals surface area contributed by atoms with Crippen molar-refractivity contribution in [3.63, 3.8) is 0 Å². The van der Waals surface area contributed by atoms with Gasteiger partial charge in [-0.25, -0.2) is 4.98 Å². The lowest BCUT2D eigenvalue weighted by Crippen LogP contribution is -2.47. The normalized spacial score (nSPS) is 11.8. The van der Waals surface area contributed by atoms with Crippen molar-refractivity contribution in [2.24, 2.45) is 0 Å². The number of halogens is 2. The largest absolute Gasteiger partial charge is 0.481 e. The number of carbonyl (C=O) groups excluding carboxylic acids is 2. The number of benzene rings is 1. The Balaban J connectivity index is 1.97. The zero-order valence-electron chi connectivity index (χ0n) is 15.0. The summed E-state index contributed by atoms with van der Waals surface area (Å²) in [6.07, 6.45) is 0.426. The zero-order chi connectivity index (χ0) is 20.0. The molecular formula is C18H19F2N3O3S. The van der Waals surface area contributed by atoms with Gasteiger partial charge in [-0.3, -0.25) is 20.4 Å². The average molecular weight is 395 g/mol. The third-order valence-corrected chi connectivity index (χ3v) is 4.47. The van der Waals surface area contributed by atoms with Crippen LogP contribution in [0.4, 0.5) is 8.78 Å². The molecule has 0 fully saturated rings. The van der Waals surface area contributed by atoms with Crippen molar-refractivity contribution in [1.29, 1.82) is 0 Å². The molecule has 1 aromatic heterocycles. The summed E-state index contributed by atoms with van der Waals surface area (Å²) in [6, 6.07) is 8.27. The Morgan fingerprint density at radius 2 is 1.89 bits per heavy atom. The summed E-state index contributed by atoms with van der Waals surface area (Å²) in [4.78, 5) is 28.1. The monoisotopic (exact) mass is 395 g/mol. The number of pyridine rings is 1. The third-order valence-electron chi connectivity index (χ3n) is 3.74. The number of nitrogens with one attached hydrogen (secondary N) is 2. The number of hydrogen-bond acceptors (Lipinski definition) is 5. The van der Waals surface area contributed by atoms with Crippen molar-refractivity contribution in [2.45, 2.75) is 37.7 Å². The number of nitrogens with zero attached hydrogens (tertiary/aromatic N) is 1. The molecule has 27 heavy (non-hydrogen) atoms. The molecule has 1 aromatic carbocycles. The molecule has 0 aliphatic rings. The maximum atomic E-state index is 12.6. The first-order valence-corrected chi connectivity index (χ1v) is 8.90. The van der Waals surface area contributed by atoms with E-state index in [2.05, 4.69) is 15.8 Å². The van der Waals surface area contributed by atoms with Gasteiger partial charge in [0.2, 0.25) is 0 Å². The average Bonchev–Trinajstić information content (AvgIpc) is 2.63. The van der Waals surface area contributed by atoms with Crippen LogP contribution >= 0.6 is 11.8 Å². The van der Waals surface area contributed by atoms with E-state index in [9.17, 15) is 18.4 Å². The summed E-state index contributed by atoms with van der Waals surface area (Å²) in [5.74, 6) is -3.49. The first kappa shape index (κ1) is 20.6. The molecule has 0 radical (unpaired) electrons. The van der Waals surface area contributed by atoms with Gasteiger partial charge in [0.25, 0.3) is 17.6 Å². The molecule has 9 heteroatoms. The predicted octanol–water partition coefficient (Wildman–Crippen LogP) is 3.24. The van der Waals surface area contributed by atoms with E-state index in [1.807, 2.05) is 26.0 Å². The maximum Gasteiger partial charge on any atom is 0.290 e. The Kier molecular flexibility index (Phi) is 7.12. The van der Waals surface area contributed by atoms with Gasteiger partial charge in [-0.15, -0.1) is 0 Å². The summed E-state index contributed by atoms with van der Waals surface area (Å²) in [6.45, 7) is 5.34. The first-order chi connectivity index (χ1) is 12.8. The molecule has 2 N–H and O–H groups in total. The number of ether oxygens (including phenoxy) is 1. The van der Waals surface area contributed by atoms with E-state index in [1.54, 1.807) is 6.07 Å². The highest BCUT2D eigenvalue weighted by atomic mass is 32.2. The van der Waals surface area contributed by atoms with Crippen LogP contribution in [0.1, 0.15) is 28.4 Å². The van der Waals surface area contributed by atoms with Crippen LogP contribution in [0, 0.1) is 13.8 Å². The van der Waals surface area contributed by atoms with Crippen molar-refractivity contribution < 1.29 is 23.1 Å². The molecular weight excluding hydrogens is 376 g/mol. The minimum absolute atomic E-state index is 0.0637. The van der Waals surface area contributed by atoms with Crippen LogP contribution in [0.25, 0.3) is 0 Å². The van der Waals surface area contributed by atoms with E-state index < -0.39 is 23.7 Å². The maximum absolute atomic E-state index is 12.6. The summed E-state index contributed by atoms with van der Waals surface area (Å²) in [5.41, 5.74) is 6.28. The summed E-state index contributed by atoms with van der Waals surface area (Å²) in [5, 5.41) is -0.126. The Hall–Kier alpha value is -2.68. The third kappa shape index (κ3) is 5.65. The Labute approximate surface area is 159 Å². The molecule has 6 nitrogen and oxygen atoms in total. The molecule has 0 aliphatic carbocycles. The highest BCUT2D eigenvalue weighted by molar-refractivity contribution is 7.99.